The van der Waals surface area contributed by atoms with Crippen molar-refractivity contribution in [1.29, 1.82) is 0 Å². The van der Waals surface area contributed by atoms with Crippen molar-refractivity contribution in [2.75, 3.05) is 6.54 Å². The quantitative estimate of drug-likeness (QED) is 0.223. The number of esters is 1. The van der Waals surface area contributed by atoms with E-state index in [1.807, 2.05) is 0 Å². The molecule has 1 aromatic carbocycles. The molecular weight excluding hydrogens is 410 g/mol. The lowest BCUT2D eigenvalue weighted by molar-refractivity contribution is -0.121. The predicted molar refractivity (Wildman–Crippen MR) is 111 cm³/mol. The van der Waals surface area contributed by atoms with Crippen LogP contribution in [-0.2, 0) is 4.79 Å². The van der Waals surface area contributed by atoms with Crippen LogP contribution in [0.1, 0.15) is 15.2 Å². The van der Waals surface area contributed by atoms with Crippen molar-refractivity contribution in [2.45, 2.75) is 0 Å². The van der Waals surface area contributed by atoms with Gasteiger partial charge in [0.1, 0.15) is 14.9 Å². The van der Waals surface area contributed by atoms with E-state index in [0.717, 1.165) is 0 Å². The van der Waals surface area contributed by atoms with Crippen LogP contribution in [0.15, 0.2) is 53.3 Å². The van der Waals surface area contributed by atoms with E-state index in [2.05, 4.69) is 6.58 Å². The Morgan fingerprint density at radius 1 is 1.38 bits per heavy atom. The van der Waals surface area contributed by atoms with E-state index in [0.29, 0.717) is 26.2 Å². The summed E-state index contributed by atoms with van der Waals surface area (Å²) in [6.45, 7) is 4.00. The fourth-order valence-electron chi connectivity index (χ4n) is 2.17. The molecule has 1 aromatic heterocycles. The minimum atomic E-state index is -0.458. The van der Waals surface area contributed by atoms with Gasteiger partial charge in [0.05, 0.1) is 9.93 Å². The molecule has 1 saturated heterocycles. The molecule has 0 unspecified atom stereocenters. The molecule has 4 nitrogen and oxygen atoms in total. The molecule has 0 radical (unpaired) electrons. The first-order valence-electron chi connectivity index (χ1n) is 7.41. The zero-order valence-corrected chi connectivity index (χ0v) is 16.5. The smallest absolute Gasteiger partial charge is 0.353 e. The fourth-order valence-corrected chi connectivity index (χ4v) is 4.27. The zero-order chi connectivity index (χ0) is 18.7. The zero-order valence-electron chi connectivity index (χ0n) is 13.3. The summed E-state index contributed by atoms with van der Waals surface area (Å²) in [4.78, 5) is 26.8. The Labute approximate surface area is 169 Å². The highest BCUT2D eigenvalue weighted by Crippen LogP contribution is 2.34. The Morgan fingerprint density at radius 3 is 2.85 bits per heavy atom. The molecule has 1 aliphatic heterocycles. The largest absolute Gasteiger partial charge is 0.421 e. The van der Waals surface area contributed by atoms with E-state index >= 15 is 0 Å². The van der Waals surface area contributed by atoms with Crippen molar-refractivity contribution in [3.63, 3.8) is 0 Å². The number of ether oxygens (including phenoxy) is 1. The number of thiophene rings is 1. The fraction of sp³-hybridized carbons (Fsp3) is 0.0556. The maximum absolute atomic E-state index is 12.3. The van der Waals surface area contributed by atoms with E-state index in [1.54, 1.807) is 47.9 Å². The number of carbonyl (C=O) groups is 2. The molecule has 0 aliphatic carbocycles. The summed E-state index contributed by atoms with van der Waals surface area (Å²) < 4.78 is 5.80. The highest BCUT2D eigenvalue weighted by atomic mass is 35.5. The summed E-state index contributed by atoms with van der Waals surface area (Å²) in [6.07, 6.45) is 3.33. The van der Waals surface area contributed by atoms with Crippen LogP contribution in [0.3, 0.4) is 0 Å². The van der Waals surface area contributed by atoms with Gasteiger partial charge in [-0.25, -0.2) is 4.79 Å². The molecule has 0 N–H and O–H groups in total. The molecule has 0 spiro atoms. The minimum Gasteiger partial charge on any atom is -0.421 e. The Hall–Kier alpha value is -1.93. The Balaban J connectivity index is 1.77. The maximum Gasteiger partial charge on any atom is 0.353 e. The predicted octanol–water partition coefficient (Wildman–Crippen LogP) is 5.01. The molecule has 1 aliphatic rings. The van der Waals surface area contributed by atoms with Gasteiger partial charge >= 0.3 is 5.97 Å². The average Bonchev–Trinajstić information content (AvgIpc) is 3.22. The highest BCUT2D eigenvalue weighted by molar-refractivity contribution is 8.26. The minimum absolute atomic E-state index is 0.163. The van der Waals surface area contributed by atoms with Gasteiger partial charge in [0.25, 0.3) is 5.91 Å². The summed E-state index contributed by atoms with van der Waals surface area (Å²) in [6, 6.07) is 8.42. The number of amides is 1. The van der Waals surface area contributed by atoms with Crippen LogP contribution in [0.25, 0.3) is 6.08 Å². The summed E-state index contributed by atoms with van der Waals surface area (Å²) in [5.41, 5.74) is 0.713. The molecular formula is C18H12ClNO3S3. The third-order valence-electron chi connectivity index (χ3n) is 3.36. The van der Waals surface area contributed by atoms with Crippen LogP contribution in [0.4, 0.5) is 0 Å². The van der Waals surface area contributed by atoms with E-state index in [1.165, 1.54) is 28.0 Å². The van der Waals surface area contributed by atoms with Crippen LogP contribution in [0.2, 0.25) is 5.02 Å². The van der Waals surface area contributed by atoms with Crippen molar-refractivity contribution in [3.8, 4) is 5.75 Å². The molecule has 8 heteroatoms. The Bertz CT molecular complexity index is 922. The Kier molecular flexibility index (Phi) is 5.93. The first kappa shape index (κ1) is 18.8. The lowest BCUT2D eigenvalue weighted by Crippen LogP contribution is -2.27. The third-order valence-corrected chi connectivity index (χ3v) is 5.89. The van der Waals surface area contributed by atoms with Crippen LogP contribution in [-0.4, -0.2) is 27.6 Å². The average molecular weight is 422 g/mol. The lowest BCUT2D eigenvalue weighted by atomic mass is 10.2. The van der Waals surface area contributed by atoms with Gasteiger partial charge in [-0.1, -0.05) is 53.8 Å². The number of hydrogen-bond acceptors (Lipinski definition) is 6. The molecule has 3 rings (SSSR count). The molecule has 2 aromatic rings. The number of thiocarbonyl (C=S) groups is 1. The molecule has 2 heterocycles. The van der Waals surface area contributed by atoms with Gasteiger partial charge in [-0.15, -0.1) is 17.9 Å². The van der Waals surface area contributed by atoms with Gasteiger partial charge in [-0.2, -0.15) is 0 Å². The number of nitrogens with zero attached hydrogens (tertiary/aromatic N) is 1. The second-order valence-electron chi connectivity index (χ2n) is 5.14. The molecule has 132 valence electrons. The molecule has 0 atom stereocenters. The molecule has 26 heavy (non-hydrogen) atoms. The number of hydrogen-bond donors (Lipinski definition) is 0. The van der Waals surface area contributed by atoms with Crippen LogP contribution in [0, 0.1) is 0 Å². The van der Waals surface area contributed by atoms with Crippen LogP contribution < -0.4 is 4.74 Å². The monoisotopic (exact) mass is 421 g/mol. The summed E-state index contributed by atoms with van der Waals surface area (Å²) >= 11 is 13.9. The van der Waals surface area contributed by atoms with E-state index < -0.39 is 5.97 Å². The van der Waals surface area contributed by atoms with Crippen molar-refractivity contribution in [1.82, 2.24) is 4.90 Å². The Morgan fingerprint density at radius 2 is 2.19 bits per heavy atom. The van der Waals surface area contributed by atoms with E-state index in [9.17, 15) is 9.59 Å². The second kappa shape index (κ2) is 8.18. The van der Waals surface area contributed by atoms with E-state index in [4.69, 9.17) is 28.6 Å². The highest BCUT2D eigenvalue weighted by Gasteiger charge is 2.30. The van der Waals surface area contributed by atoms with Gasteiger partial charge in [-0.3, -0.25) is 9.69 Å². The van der Waals surface area contributed by atoms with Crippen molar-refractivity contribution >= 4 is 69.2 Å². The molecule has 1 amide bonds. The number of carbonyl (C=O) groups excluding carboxylic acids is 2. The maximum atomic E-state index is 12.3. The second-order valence-corrected chi connectivity index (χ2v) is 8.17. The molecule has 0 saturated carbocycles. The molecule has 1 fully saturated rings. The van der Waals surface area contributed by atoms with Gasteiger partial charge in [0.2, 0.25) is 0 Å². The van der Waals surface area contributed by atoms with Gasteiger partial charge in [0.15, 0.2) is 0 Å². The first-order valence-corrected chi connectivity index (χ1v) is 9.89. The van der Waals surface area contributed by atoms with Crippen molar-refractivity contribution < 1.29 is 14.3 Å². The van der Waals surface area contributed by atoms with Gasteiger partial charge in [-0.05, 0) is 35.2 Å². The van der Waals surface area contributed by atoms with Gasteiger partial charge < -0.3 is 4.74 Å². The van der Waals surface area contributed by atoms with Crippen molar-refractivity contribution in [3.05, 3.63) is 68.7 Å². The number of benzene rings is 1. The number of rotatable bonds is 5. The lowest BCUT2D eigenvalue weighted by Gasteiger charge is -2.10. The number of thioether (sulfide) groups is 1. The molecule has 0 bridgehead atoms. The van der Waals surface area contributed by atoms with Crippen LogP contribution in [0.5, 0.6) is 5.75 Å². The standard InChI is InChI=1S/C18H12ClNO3S3/c1-2-7-20-16(21)15(26-18(20)24)10-11-5-6-13(12(19)9-11)23-17(22)14-4-3-8-25-14/h2-6,8-10H,1,7H2/b15-10-. The number of halogens is 1. The van der Waals surface area contributed by atoms with Gasteiger partial charge in [0, 0.05) is 6.54 Å². The summed E-state index contributed by atoms with van der Waals surface area (Å²) in [5.74, 6) is -0.356. The first-order chi connectivity index (χ1) is 12.5. The third kappa shape index (κ3) is 4.07. The SMILES string of the molecule is C=CCN1C(=O)/C(=C/c2ccc(OC(=O)c3cccs3)c(Cl)c2)SC1=S. The van der Waals surface area contributed by atoms with Crippen LogP contribution >= 0.6 is 46.9 Å². The summed E-state index contributed by atoms with van der Waals surface area (Å²) in [5, 5.41) is 2.08. The topological polar surface area (TPSA) is 46.6 Å². The van der Waals surface area contributed by atoms with E-state index in [-0.39, 0.29) is 16.7 Å². The van der Waals surface area contributed by atoms with Crippen molar-refractivity contribution in [2.24, 2.45) is 0 Å². The normalized spacial score (nSPS) is 15.6. The summed E-state index contributed by atoms with van der Waals surface area (Å²) in [7, 11) is 0.